The fourth-order valence-electron chi connectivity index (χ4n) is 1.11. The molecule has 0 saturated carbocycles. The van der Waals surface area contributed by atoms with Crippen LogP contribution in [0.15, 0.2) is 6.20 Å². The summed E-state index contributed by atoms with van der Waals surface area (Å²) >= 11 is 5.58. The number of rotatable bonds is 0. The topological polar surface area (TPSA) is 43.6 Å². The molecule has 8 heteroatoms. The fourth-order valence-corrected chi connectivity index (χ4v) is 1.33. The molecule has 15 heavy (non-hydrogen) atoms. The highest BCUT2D eigenvalue weighted by Gasteiger charge is 2.35. The number of fused-ring (bicyclic) bond motifs is 1. The van der Waals surface area contributed by atoms with Crippen LogP contribution in [0, 0.1) is 0 Å². The number of alkyl halides is 3. The van der Waals surface area contributed by atoms with E-state index >= 15 is 0 Å². The lowest BCUT2D eigenvalue weighted by atomic mass is 10.4. The van der Waals surface area contributed by atoms with E-state index in [1.54, 1.807) is 0 Å². The van der Waals surface area contributed by atoms with E-state index in [1.165, 1.54) is 17.9 Å². The van der Waals surface area contributed by atoms with E-state index in [9.17, 15) is 13.2 Å². The molecular formula is C7H4ClF3N4. The van der Waals surface area contributed by atoms with Gasteiger partial charge < -0.3 is 0 Å². The molecular weight excluding hydrogens is 233 g/mol. The highest BCUT2D eigenvalue weighted by Crippen LogP contribution is 2.29. The van der Waals surface area contributed by atoms with Crippen molar-refractivity contribution in [1.29, 1.82) is 0 Å². The Balaban J connectivity index is 2.76. The third-order valence-corrected chi connectivity index (χ3v) is 2.09. The third kappa shape index (κ3) is 1.63. The number of aryl methyl sites for hydroxylation is 1. The molecule has 80 valence electrons. The maximum Gasteiger partial charge on any atom is 0.451 e. The van der Waals surface area contributed by atoms with Gasteiger partial charge >= 0.3 is 6.18 Å². The molecule has 0 N–H and O–H groups in total. The Labute approximate surface area is 86.7 Å². The molecule has 4 nitrogen and oxygen atoms in total. The first-order valence-electron chi connectivity index (χ1n) is 3.82. The Morgan fingerprint density at radius 3 is 2.60 bits per heavy atom. The van der Waals surface area contributed by atoms with Crippen molar-refractivity contribution in [1.82, 2.24) is 19.7 Å². The van der Waals surface area contributed by atoms with E-state index in [2.05, 4.69) is 15.1 Å². The van der Waals surface area contributed by atoms with Crippen LogP contribution in [0.25, 0.3) is 11.0 Å². The molecule has 2 aromatic heterocycles. The van der Waals surface area contributed by atoms with Crippen molar-refractivity contribution in [3.63, 3.8) is 0 Å². The highest BCUT2D eigenvalue weighted by molar-refractivity contribution is 6.33. The van der Waals surface area contributed by atoms with Crippen LogP contribution in [-0.2, 0) is 13.2 Å². The summed E-state index contributed by atoms with van der Waals surface area (Å²) in [6, 6.07) is 0. The zero-order valence-electron chi connectivity index (χ0n) is 7.38. The molecule has 2 heterocycles. The zero-order valence-corrected chi connectivity index (χ0v) is 8.13. The maximum absolute atomic E-state index is 12.3. The zero-order chi connectivity index (χ0) is 11.2. The third-order valence-electron chi connectivity index (χ3n) is 1.80. The van der Waals surface area contributed by atoms with Crippen LogP contribution < -0.4 is 0 Å². The minimum absolute atomic E-state index is 0.0577. The normalized spacial score (nSPS) is 12.3. The largest absolute Gasteiger partial charge is 0.451 e. The molecule has 0 radical (unpaired) electrons. The van der Waals surface area contributed by atoms with Crippen LogP contribution in [0.5, 0.6) is 0 Å². The van der Waals surface area contributed by atoms with Gasteiger partial charge in [-0.1, -0.05) is 11.6 Å². The van der Waals surface area contributed by atoms with Gasteiger partial charge in [0.05, 0.1) is 11.6 Å². The van der Waals surface area contributed by atoms with Gasteiger partial charge in [0.15, 0.2) is 5.65 Å². The molecule has 0 saturated heterocycles. The van der Waals surface area contributed by atoms with E-state index in [1.807, 2.05) is 0 Å². The molecule has 0 amide bonds. The maximum atomic E-state index is 12.3. The first kappa shape index (κ1) is 10.2. The first-order chi connectivity index (χ1) is 6.89. The lowest BCUT2D eigenvalue weighted by Crippen LogP contribution is -2.11. The number of hydrogen-bond acceptors (Lipinski definition) is 3. The average molecular weight is 237 g/mol. The van der Waals surface area contributed by atoms with E-state index in [0.29, 0.717) is 5.39 Å². The molecule has 0 aliphatic rings. The van der Waals surface area contributed by atoms with Crippen LogP contribution in [-0.4, -0.2) is 19.7 Å². The molecule has 0 aliphatic heterocycles. The summed E-state index contributed by atoms with van der Waals surface area (Å²) in [4.78, 5) is 6.51. The molecule has 0 fully saturated rings. The highest BCUT2D eigenvalue weighted by atomic mass is 35.5. The molecule has 0 atom stereocenters. The Hall–Kier alpha value is -1.37. The van der Waals surface area contributed by atoms with Gasteiger partial charge in [-0.05, 0) is 0 Å². The van der Waals surface area contributed by atoms with Crippen molar-refractivity contribution < 1.29 is 13.2 Å². The van der Waals surface area contributed by atoms with Crippen LogP contribution >= 0.6 is 11.6 Å². The molecule has 2 aromatic rings. The van der Waals surface area contributed by atoms with E-state index in [4.69, 9.17) is 11.6 Å². The summed E-state index contributed by atoms with van der Waals surface area (Å²) in [5, 5.41) is 3.79. The number of aromatic nitrogens is 4. The van der Waals surface area contributed by atoms with Gasteiger partial charge in [0.25, 0.3) is 0 Å². The smallest absolute Gasteiger partial charge is 0.250 e. The Morgan fingerprint density at radius 1 is 1.33 bits per heavy atom. The van der Waals surface area contributed by atoms with E-state index in [0.717, 1.165) is 0 Å². The van der Waals surface area contributed by atoms with Gasteiger partial charge in [-0.2, -0.15) is 18.3 Å². The van der Waals surface area contributed by atoms with Gasteiger partial charge in [0.1, 0.15) is 5.15 Å². The van der Waals surface area contributed by atoms with E-state index < -0.39 is 12.0 Å². The Morgan fingerprint density at radius 2 is 2.00 bits per heavy atom. The molecule has 2 rings (SSSR count). The Bertz CT molecular complexity index is 519. The molecule has 0 unspecified atom stereocenters. The quantitative estimate of drug-likeness (QED) is 0.658. The van der Waals surface area contributed by atoms with Crippen LogP contribution in [0.4, 0.5) is 13.2 Å². The minimum atomic E-state index is -4.61. The van der Waals surface area contributed by atoms with Crippen molar-refractivity contribution in [2.24, 2.45) is 7.05 Å². The lowest BCUT2D eigenvalue weighted by molar-refractivity contribution is -0.144. The number of halogens is 4. The van der Waals surface area contributed by atoms with Crippen molar-refractivity contribution in [2.75, 3.05) is 0 Å². The predicted molar refractivity (Wildman–Crippen MR) is 46.3 cm³/mol. The van der Waals surface area contributed by atoms with Crippen molar-refractivity contribution in [2.45, 2.75) is 6.18 Å². The first-order valence-corrected chi connectivity index (χ1v) is 4.20. The SMILES string of the molecule is Cn1ncc2c(Cl)nc(C(F)(F)F)nc21. The molecule has 0 aromatic carbocycles. The summed E-state index contributed by atoms with van der Waals surface area (Å²) in [5.41, 5.74) is 0.0577. The number of nitrogens with zero attached hydrogens (tertiary/aromatic N) is 4. The second-order valence-electron chi connectivity index (χ2n) is 2.84. The molecule has 0 bridgehead atoms. The number of hydrogen-bond donors (Lipinski definition) is 0. The summed E-state index contributed by atoms with van der Waals surface area (Å²) < 4.78 is 38.2. The average Bonchev–Trinajstić information content (AvgIpc) is 2.47. The van der Waals surface area contributed by atoms with Gasteiger partial charge in [-0.15, -0.1) is 0 Å². The lowest BCUT2D eigenvalue weighted by Gasteiger charge is -2.05. The molecule has 0 spiro atoms. The van der Waals surface area contributed by atoms with Crippen LogP contribution in [0.2, 0.25) is 5.15 Å². The van der Waals surface area contributed by atoms with Gasteiger partial charge in [0.2, 0.25) is 5.82 Å². The summed E-state index contributed by atoms with van der Waals surface area (Å²) in [7, 11) is 1.48. The van der Waals surface area contributed by atoms with Crippen molar-refractivity contribution >= 4 is 22.6 Å². The van der Waals surface area contributed by atoms with Crippen molar-refractivity contribution in [3.8, 4) is 0 Å². The molecule has 0 aliphatic carbocycles. The van der Waals surface area contributed by atoms with Gasteiger partial charge in [-0.3, -0.25) is 4.68 Å². The van der Waals surface area contributed by atoms with Crippen LogP contribution in [0.1, 0.15) is 5.82 Å². The summed E-state index contributed by atoms with van der Waals surface area (Å²) in [5.74, 6) is -1.26. The minimum Gasteiger partial charge on any atom is -0.250 e. The monoisotopic (exact) mass is 236 g/mol. The second kappa shape index (κ2) is 3.06. The fraction of sp³-hybridized carbons (Fsp3) is 0.286. The summed E-state index contributed by atoms with van der Waals surface area (Å²) in [6.45, 7) is 0. The van der Waals surface area contributed by atoms with Gasteiger partial charge in [0, 0.05) is 7.05 Å². The predicted octanol–water partition coefficient (Wildman–Crippen LogP) is 2.04. The van der Waals surface area contributed by atoms with Crippen LogP contribution in [0.3, 0.4) is 0 Å². The van der Waals surface area contributed by atoms with Gasteiger partial charge in [-0.25, -0.2) is 9.97 Å². The van der Waals surface area contributed by atoms with E-state index in [-0.39, 0.29) is 10.8 Å². The van der Waals surface area contributed by atoms with Crippen molar-refractivity contribution in [3.05, 3.63) is 17.2 Å². The second-order valence-corrected chi connectivity index (χ2v) is 3.20. The Kier molecular flexibility index (Phi) is 2.07. The standard InChI is InChI=1S/C7H4ClF3N4/c1-15-5-3(2-12-15)4(8)13-6(14-5)7(9,10)11/h2H,1H3. The summed E-state index contributed by atoms with van der Waals surface area (Å²) in [6.07, 6.45) is -3.29.